The van der Waals surface area contributed by atoms with Crippen molar-refractivity contribution >= 4 is 23.9 Å². The predicted molar refractivity (Wildman–Crippen MR) is 241 cm³/mol. The van der Waals surface area contributed by atoms with Gasteiger partial charge in [0.25, 0.3) is 0 Å². The summed E-state index contributed by atoms with van der Waals surface area (Å²) in [6.07, 6.45) is 10.6. The molecule has 4 bridgehead atoms. The van der Waals surface area contributed by atoms with Crippen LogP contribution in [0.25, 0.3) is 0 Å². The molecule has 0 unspecified atom stereocenters. The lowest BCUT2D eigenvalue weighted by atomic mass is 9.41. The van der Waals surface area contributed by atoms with E-state index in [4.69, 9.17) is 56.8 Å². The van der Waals surface area contributed by atoms with Crippen LogP contribution in [0.2, 0.25) is 0 Å². The molecule has 4 aliphatic carbocycles. The number of hydrogen-bond acceptors (Lipinski definition) is 16. The molecule has 0 aliphatic heterocycles. The number of ether oxygens (including phenoxy) is 12. The van der Waals surface area contributed by atoms with Gasteiger partial charge in [-0.3, -0.25) is 0 Å². The molecule has 0 atom stereocenters. The van der Waals surface area contributed by atoms with Crippen molar-refractivity contribution in [1.82, 2.24) is 0 Å². The second kappa shape index (κ2) is 27.1. The fraction of sp³-hybridized carbons (Fsp3) is 0.520. The maximum absolute atomic E-state index is 11.4. The Morgan fingerprint density at radius 1 is 0.409 bits per heavy atom. The van der Waals surface area contributed by atoms with Gasteiger partial charge in [-0.1, -0.05) is 26.3 Å². The molecule has 2 aromatic rings. The van der Waals surface area contributed by atoms with Gasteiger partial charge in [0.05, 0.1) is 52.9 Å². The van der Waals surface area contributed by atoms with Crippen LogP contribution in [0.5, 0.6) is 23.0 Å². The number of hydrogen-bond donors (Lipinski definition) is 0. The van der Waals surface area contributed by atoms with Gasteiger partial charge < -0.3 is 56.8 Å². The minimum atomic E-state index is -0.505. The normalized spacial score (nSPS) is 20.1. The topological polar surface area (TPSA) is 179 Å². The summed E-state index contributed by atoms with van der Waals surface area (Å²) < 4.78 is 67.7. The van der Waals surface area contributed by atoms with E-state index >= 15 is 0 Å². The Morgan fingerprint density at radius 2 is 0.667 bits per heavy atom. The molecule has 16 heteroatoms. The Morgan fingerprint density at radius 3 is 0.924 bits per heavy atom. The first kappa shape index (κ1) is 51.3. The first-order valence-electron chi connectivity index (χ1n) is 22.4. The lowest BCUT2D eigenvalue weighted by Crippen LogP contribution is -2.55. The summed E-state index contributed by atoms with van der Waals surface area (Å²) in [6.45, 7) is 17.2. The van der Waals surface area contributed by atoms with E-state index in [2.05, 4.69) is 50.6 Å². The van der Waals surface area contributed by atoms with E-state index in [1.54, 1.807) is 0 Å². The summed E-state index contributed by atoms with van der Waals surface area (Å²) in [5.41, 5.74) is 1.97. The van der Waals surface area contributed by atoms with Crippen LogP contribution in [0.15, 0.2) is 87.0 Å². The van der Waals surface area contributed by atoms with Gasteiger partial charge in [-0.2, -0.15) is 0 Å². The van der Waals surface area contributed by atoms with Gasteiger partial charge in [-0.25, -0.2) is 19.2 Å². The summed E-state index contributed by atoms with van der Waals surface area (Å²) >= 11 is 0. The monoisotopic (exact) mass is 920 g/mol. The lowest BCUT2D eigenvalue weighted by Gasteiger charge is -2.62. The van der Waals surface area contributed by atoms with Crippen molar-refractivity contribution in [3.63, 3.8) is 0 Å². The van der Waals surface area contributed by atoms with Crippen molar-refractivity contribution in [2.75, 3.05) is 106 Å². The average molecular weight is 921 g/mol. The van der Waals surface area contributed by atoms with Gasteiger partial charge in [0.2, 0.25) is 0 Å². The zero-order valence-electron chi connectivity index (χ0n) is 37.8. The van der Waals surface area contributed by atoms with Gasteiger partial charge in [-0.15, -0.1) is 0 Å². The Balaban J connectivity index is 1.32. The Kier molecular flexibility index (Phi) is 21.0. The molecular formula is C50H64O16. The SMILES string of the molecule is C=CC(=O)OCCOCCOc1cc(OCCOCCOC(=O)C=C)cc(C23CC4CC(C2)CC(c2cc(OCCOCCOC(=O)C=C)cc(OCCOCCOC(=O)C=C)c2)(C4)C3)c1. The van der Waals surface area contributed by atoms with E-state index < -0.39 is 23.9 Å². The number of benzene rings is 2. The van der Waals surface area contributed by atoms with E-state index in [1.165, 1.54) is 6.42 Å². The van der Waals surface area contributed by atoms with E-state index in [-0.39, 0.29) is 117 Å². The summed E-state index contributed by atoms with van der Waals surface area (Å²) in [5.74, 6) is 1.58. The molecule has 6 rings (SSSR count). The summed E-state index contributed by atoms with van der Waals surface area (Å²) in [5, 5.41) is 0. The third-order valence-electron chi connectivity index (χ3n) is 11.6. The number of carbonyl (C=O) groups excluding carboxylic acids is 4. The molecule has 0 amide bonds. The third kappa shape index (κ3) is 16.3. The van der Waals surface area contributed by atoms with Gasteiger partial charge >= 0.3 is 23.9 Å². The van der Waals surface area contributed by atoms with E-state index in [9.17, 15) is 19.2 Å². The van der Waals surface area contributed by atoms with Crippen LogP contribution in [-0.4, -0.2) is 130 Å². The molecule has 0 aromatic heterocycles. The van der Waals surface area contributed by atoms with Crippen molar-refractivity contribution in [2.24, 2.45) is 11.8 Å². The highest BCUT2D eigenvalue weighted by Crippen LogP contribution is 2.67. The van der Waals surface area contributed by atoms with Crippen molar-refractivity contribution < 1.29 is 76.0 Å². The van der Waals surface area contributed by atoms with Crippen molar-refractivity contribution in [3.8, 4) is 23.0 Å². The molecular weight excluding hydrogens is 857 g/mol. The summed E-state index contributed by atoms with van der Waals surface area (Å²) in [7, 11) is 0. The fourth-order valence-corrected chi connectivity index (χ4v) is 9.35. The van der Waals surface area contributed by atoms with Crippen LogP contribution in [-0.2, 0) is 67.9 Å². The summed E-state index contributed by atoms with van der Waals surface area (Å²) in [4.78, 5) is 45.5. The number of carbonyl (C=O) groups is 4. The molecule has 4 aliphatic rings. The largest absolute Gasteiger partial charge is 0.491 e. The Hall–Kier alpha value is -5.68. The van der Waals surface area contributed by atoms with Crippen LogP contribution in [0, 0.1) is 11.8 Å². The molecule has 0 heterocycles. The maximum atomic E-state index is 11.4. The highest BCUT2D eigenvalue weighted by molar-refractivity contribution is 5.82. The number of rotatable bonds is 34. The zero-order valence-corrected chi connectivity index (χ0v) is 37.8. The van der Waals surface area contributed by atoms with E-state index in [0.29, 0.717) is 34.8 Å². The minimum absolute atomic E-state index is 0.113. The molecule has 66 heavy (non-hydrogen) atoms. The Bertz CT molecular complexity index is 1690. The molecule has 16 nitrogen and oxygen atoms in total. The smallest absolute Gasteiger partial charge is 0.330 e. The van der Waals surface area contributed by atoms with Crippen LogP contribution in [0.3, 0.4) is 0 Å². The standard InChI is InChI=1S/C50H64O16/c1-5-45(51)63-21-13-55-9-17-59-41-26-39(27-42(30-41)60-18-10-56-14-22-64-46(52)6-2)49-32-37-25-38(33-49)35-50(34-37,36-49)40-28-43(61-19-11-57-15-23-65-47(53)7-3)31-44(29-40)62-20-12-58-16-24-66-48(54)8-4/h5-8,26-31,37-38H,1-4,9-25,32-36H2. The minimum Gasteiger partial charge on any atom is -0.491 e. The Labute approximate surface area is 387 Å². The molecule has 4 saturated carbocycles. The maximum Gasteiger partial charge on any atom is 0.330 e. The van der Waals surface area contributed by atoms with Crippen molar-refractivity contribution in [2.45, 2.75) is 49.4 Å². The first-order valence-corrected chi connectivity index (χ1v) is 22.4. The van der Waals surface area contributed by atoms with Gasteiger partial charge in [0.1, 0.15) is 75.9 Å². The highest BCUT2D eigenvalue weighted by atomic mass is 16.6. The average Bonchev–Trinajstić information content (AvgIpc) is 3.31. The fourth-order valence-electron chi connectivity index (χ4n) is 9.35. The second-order valence-corrected chi connectivity index (χ2v) is 16.2. The molecule has 360 valence electrons. The van der Waals surface area contributed by atoms with E-state index in [0.717, 1.165) is 67.5 Å². The highest BCUT2D eigenvalue weighted by Gasteiger charge is 2.59. The van der Waals surface area contributed by atoms with Crippen molar-refractivity contribution in [3.05, 3.63) is 98.1 Å². The first-order chi connectivity index (χ1) is 32.1. The van der Waals surface area contributed by atoms with Crippen LogP contribution < -0.4 is 18.9 Å². The quantitative estimate of drug-likeness (QED) is 0.0346. The summed E-state index contributed by atoms with van der Waals surface area (Å²) in [6, 6.07) is 12.3. The van der Waals surface area contributed by atoms with Gasteiger partial charge in [0, 0.05) is 36.4 Å². The zero-order chi connectivity index (χ0) is 47.0. The predicted octanol–water partition coefficient (Wildman–Crippen LogP) is 5.97. The molecule has 0 saturated heterocycles. The van der Waals surface area contributed by atoms with Gasteiger partial charge in [-0.05, 0) is 96.6 Å². The molecule has 0 spiro atoms. The molecule has 4 fully saturated rings. The van der Waals surface area contributed by atoms with Crippen molar-refractivity contribution in [1.29, 1.82) is 0 Å². The van der Waals surface area contributed by atoms with Crippen LogP contribution in [0.4, 0.5) is 0 Å². The van der Waals surface area contributed by atoms with E-state index in [1.807, 2.05) is 12.1 Å². The molecule has 0 N–H and O–H groups in total. The second-order valence-electron chi connectivity index (χ2n) is 16.2. The lowest BCUT2D eigenvalue weighted by molar-refractivity contribution is -0.140. The van der Waals surface area contributed by atoms with Crippen LogP contribution >= 0.6 is 0 Å². The third-order valence-corrected chi connectivity index (χ3v) is 11.6. The van der Waals surface area contributed by atoms with Crippen LogP contribution in [0.1, 0.15) is 49.7 Å². The molecule has 2 aromatic carbocycles. The molecule has 0 radical (unpaired) electrons. The van der Waals surface area contributed by atoms with Gasteiger partial charge in [0.15, 0.2) is 0 Å². The number of esters is 4.